The third-order valence-electron chi connectivity index (χ3n) is 3.75. The summed E-state index contributed by atoms with van der Waals surface area (Å²) in [6.45, 7) is -0.193. The van der Waals surface area contributed by atoms with Gasteiger partial charge in [-0.2, -0.15) is 0 Å². The SMILES string of the molecule is O=C(NCc1ccc(F)c(OC(F)(F)F)c1)c1ccnc(NC(=O)C2CC2)n1. The van der Waals surface area contributed by atoms with Crippen molar-refractivity contribution < 1.29 is 31.9 Å². The summed E-state index contributed by atoms with van der Waals surface area (Å²) in [5.41, 5.74) is 0.139. The summed E-state index contributed by atoms with van der Waals surface area (Å²) in [5.74, 6) is -3.13. The summed E-state index contributed by atoms with van der Waals surface area (Å²) in [5, 5.41) is 4.94. The molecule has 1 saturated carbocycles. The molecule has 1 aliphatic carbocycles. The van der Waals surface area contributed by atoms with Crippen molar-refractivity contribution in [2.75, 3.05) is 5.32 Å². The highest BCUT2D eigenvalue weighted by atomic mass is 19.4. The molecule has 11 heteroatoms. The maximum absolute atomic E-state index is 13.4. The first-order chi connectivity index (χ1) is 13.2. The molecule has 0 aliphatic heterocycles. The van der Waals surface area contributed by atoms with Crippen LogP contribution in [-0.2, 0) is 11.3 Å². The fourth-order valence-electron chi connectivity index (χ4n) is 2.24. The molecule has 0 saturated heterocycles. The van der Waals surface area contributed by atoms with Crippen LogP contribution in [0.3, 0.4) is 0 Å². The Morgan fingerprint density at radius 3 is 2.64 bits per heavy atom. The van der Waals surface area contributed by atoms with Gasteiger partial charge in [-0.05, 0) is 36.6 Å². The first-order valence-corrected chi connectivity index (χ1v) is 8.17. The number of nitrogens with zero attached hydrogens (tertiary/aromatic N) is 2. The van der Waals surface area contributed by atoms with Crippen LogP contribution in [0.15, 0.2) is 30.5 Å². The molecule has 0 radical (unpaired) electrons. The number of hydrogen-bond acceptors (Lipinski definition) is 5. The van der Waals surface area contributed by atoms with Gasteiger partial charge in [-0.25, -0.2) is 14.4 Å². The van der Waals surface area contributed by atoms with Crippen LogP contribution in [0.25, 0.3) is 0 Å². The Balaban J connectivity index is 1.62. The minimum Gasteiger partial charge on any atom is -0.403 e. The second-order valence-corrected chi connectivity index (χ2v) is 6.02. The lowest BCUT2D eigenvalue weighted by molar-refractivity contribution is -0.275. The van der Waals surface area contributed by atoms with Crippen LogP contribution in [0.5, 0.6) is 5.75 Å². The molecule has 1 aromatic carbocycles. The minimum atomic E-state index is -5.04. The number of rotatable bonds is 6. The predicted octanol–water partition coefficient (Wildman–Crippen LogP) is 2.79. The molecule has 0 atom stereocenters. The minimum absolute atomic E-state index is 0.0211. The number of ether oxygens (including phenoxy) is 1. The van der Waals surface area contributed by atoms with E-state index >= 15 is 0 Å². The highest BCUT2D eigenvalue weighted by Gasteiger charge is 2.32. The van der Waals surface area contributed by atoms with Gasteiger partial charge in [-0.1, -0.05) is 6.07 Å². The summed E-state index contributed by atoms with van der Waals surface area (Å²) >= 11 is 0. The van der Waals surface area contributed by atoms with E-state index in [1.807, 2.05) is 0 Å². The van der Waals surface area contributed by atoms with Gasteiger partial charge in [0.05, 0.1) is 0 Å². The molecule has 2 aromatic rings. The van der Waals surface area contributed by atoms with Crippen molar-refractivity contribution in [1.29, 1.82) is 0 Å². The van der Waals surface area contributed by atoms with E-state index in [1.165, 1.54) is 18.3 Å². The lowest BCUT2D eigenvalue weighted by Crippen LogP contribution is -2.25. The van der Waals surface area contributed by atoms with Crippen molar-refractivity contribution in [3.05, 3.63) is 47.5 Å². The first-order valence-electron chi connectivity index (χ1n) is 8.17. The summed E-state index contributed by atoms with van der Waals surface area (Å²) in [4.78, 5) is 31.7. The van der Waals surface area contributed by atoms with Crippen LogP contribution in [-0.4, -0.2) is 28.1 Å². The van der Waals surface area contributed by atoms with Crippen molar-refractivity contribution in [2.24, 2.45) is 5.92 Å². The van der Waals surface area contributed by atoms with Crippen LogP contribution >= 0.6 is 0 Å². The van der Waals surface area contributed by atoms with E-state index in [4.69, 9.17) is 0 Å². The second kappa shape index (κ2) is 7.79. The monoisotopic (exact) mass is 398 g/mol. The van der Waals surface area contributed by atoms with Crippen molar-refractivity contribution in [1.82, 2.24) is 15.3 Å². The van der Waals surface area contributed by atoms with Crippen molar-refractivity contribution >= 4 is 17.8 Å². The number of carbonyl (C=O) groups excluding carboxylic acids is 2. The van der Waals surface area contributed by atoms with Gasteiger partial charge in [0.2, 0.25) is 11.9 Å². The molecule has 1 fully saturated rings. The quantitative estimate of drug-likeness (QED) is 0.730. The summed E-state index contributed by atoms with van der Waals surface area (Å²) < 4.78 is 53.8. The van der Waals surface area contributed by atoms with Crippen LogP contribution in [0.2, 0.25) is 0 Å². The molecule has 28 heavy (non-hydrogen) atoms. The number of halogens is 4. The van der Waals surface area contributed by atoms with E-state index < -0.39 is 23.8 Å². The highest BCUT2D eigenvalue weighted by Crippen LogP contribution is 2.29. The zero-order valence-corrected chi connectivity index (χ0v) is 14.2. The average Bonchev–Trinajstić information content (AvgIpc) is 3.46. The van der Waals surface area contributed by atoms with Gasteiger partial charge in [-0.3, -0.25) is 14.9 Å². The highest BCUT2D eigenvalue weighted by molar-refractivity contribution is 5.94. The molecule has 1 aromatic heterocycles. The number of aromatic nitrogens is 2. The maximum Gasteiger partial charge on any atom is 0.573 e. The van der Waals surface area contributed by atoms with E-state index in [9.17, 15) is 27.2 Å². The van der Waals surface area contributed by atoms with Crippen molar-refractivity contribution in [3.63, 3.8) is 0 Å². The third-order valence-corrected chi connectivity index (χ3v) is 3.75. The molecule has 2 N–H and O–H groups in total. The summed E-state index contributed by atoms with van der Waals surface area (Å²) in [7, 11) is 0. The number of nitrogens with one attached hydrogen (secondary N) is 2. The van der Waals surface area contributed by atoms with Crippen molar-refractivity contribution in [2.45, 2.75) is 25.7 Å². The van der Waals surface area contributed by atoms with E-state index in [1.54, 1.807) is 0 Å². The molecule has 7 nitrogen and oxygen atoms in total. The Hall–Kier alpha value is -3.24. The molecular formula is C17H14F4N4O3. The molecule has 1 heterocycles. The number of carbonyl (C=O) groups is 2. The Morgan fingerprint density at radius 2 is 1.96 bits per heavy atom. The Kier molecular flexibility index (Phi) is 5.43. The maximum atomic E-state index is 13.4. The van der Waals surface area contributed by atoms with Gasteiger partial charge in [-0.15, -0.1) is 13.2 Å². The van der Waals surface area contributed by atoms with Gasteiger partial charge in [0.15, 0.2) is 11.6 Å². The van der Waals surface area contributed by atoms with E-state index in [0.717, 1.165) is 25.0 Å². The number of anilines is 1. The van der Waals surface area contributed by atoms with Gasteiger partial charge in [0, 0.05) is 18.7 Å². The summed E-state index contributed by atoms with van der Waals surface area (Å²) in [6.07, 6.45) is -2.16. The second-order valence-electron chi connectivity index (χ2n) is 6.02. The van der Waals surface area contributed by atoms with E-state index in [-0.39, 0.29) is 35.6 Å². The van der Waals surface area contributed by atoms with Gasteiger partial charge >= 0.3 is 6.36 Å². The normalized spacial score (nSPS) is 13.7. The van der Waals surface area contributed by atoms with Crippen molar-refractivity contribution in [3.8, 4) is 5.75 Å². The zero-order chi connectivity index (χ0) is 20.3. The van der Waals surface area contributed by atoms with Crippen LogP contribution in [0, 0.1) is 11.7 Å². The van der Waals surface area contributed by atoms with Crippen LogP contribution in [0.1, 0.15) is 28.9 Å². The molecule has 148 valence electrons. The van der Waals surface area contributed by atoms with Crippen LogP contribution < -0.4 is 15.4 Å². The average molecular weight is 398 g/mol. The molecule has 0 spiro atoms. The largest absolute Gasteiger partial charge is 0.573 e. The molecule has 0 unspecified atom stereocenters. The van der Waals surface area contributed by atoms with Gasteiger partial charge in [0.1, 0.15) is 5.69 Å². The molecule has 2 amide bonds. The van der Waals surface area contributed by atoms with Crippen LogP contribution in [0.4, 0.5) is 23.5 Å². The molecule has 0 bridgehead atoms. The fraction of sp³-hybridized carbons (Fsp3) is 0.294. The molecular weight excluding hydrogens is 384 g/mol. The topological polar surface area (TPSA) is 93.2 Å². The van der Waals surface area contributed by atoms with E-state index in [0.29, 0.717) is 0 Å². The third kappa shape index (κ3) is 5.38. The first kappa shape index (κ1) is 19.5. The van der Waals surface area contributed by atoms with E-state index in [2.05, 4.69) is 25.3 Å². The summed E-state index contributed by atoms with van der Waals surface area (Å²) in [6, 6.07) is 4.16. The lowest BCUT2D eigenvalue weighted by Gasteiger charge is -2.11. The standard InChI is InChI=1S/C17H14F4N4O3/c18-11-4-1-9(7-13(11)28-17(19,20)21)8-23-15(27)12-5-6-22-16(24-12)25-14(26)10-2-3-10/h1,4-7,10H,2-3,8H2,(H,23,27)(H,22,24,25,26). The Bertz CT molecular complexity index is 900. The fourth-order valence-corrected chi connectivity index (χ4v) is 2.24. The smallest absolute Gasteiger partial charge is 0.403 e. The lowest BCUT2D eigenvalue weighted by atomic mass is 10.2. The predicted molar refractivity (Wildman–Crippen MR) is 87.6 cm³/mol. The molecule has 1 aliphatic rings. The number of benzene rings is 1. The van der Waals surface area contributed by atoms with Gasteiger partial charge < -0.3 is 10.1 Å². The number of alkyl halides is 3. The molecule has 3 rings (SSSR count). The Labute approximate surface area is 156 Å². The number of amides is 2. The Morgan fingerprint density at radius 1 is 1.21 bits per heavy atom. The number of hydrogen-bond donors (Lipinski definition) is 2. The van der Waals surface area contributed by atoms with Gasteiger partial charge in [0.25, 0.3) is 5.91 Å². The zero-order valence-electron chi connectivity index (χ0n) is 14.2.